The first-order valence-electron chi connectivity index (χ1n) is 9.55. The predicted molar refractivity (Wildman–Crippen MR) is 114 cm³/mol. The summed E-state index contributed by atoms with van der Waals surface area (Å²) in [6.07, 6.45) is 7.03. The van der Waals surface area contributed by atoms with Crippen molar-refractivity contribution in [1.82, 2.24) is 9.97 Å². The number of anilines is 2. The average molecular weight is 407 g/mol. The highest BCUT2D eigenvalue weighted by molar-refractivity contribution is 5.93. The van der Waals surface area contributed by atoms with Crippen molar-refractivity contribution >= 4 is 22.4 Å². The number of hydrogen-bond donors (Lipinski definition) is 1. The molecule has 0 aliphatic heterocycles. The van der Waals surface area contributed by atoms with E-state index in [1.54, 1.807) is 20.3 Å². The van der Waals surface area contributed by atoms with Crippen LogP contribution in [0.3, 0.4) is 0 Å². The third-order valence-corrected chi connectivity index (χ3v) is 4.82. The molecule has 1 aliphatic rings. The summed E-state index contributed by atoms with van der Waals surface area (Å²) in [5.74, 6) is 2.44. The molecule has 7 heteroatoms. The van der Waals surface area contributed by atoms with Gasteiger partial charge in [-0.25, -0.2) is 14.4 Å². The van der Waals surface area contributed by atoms with Gasteiger partial charge in [0.15, 0.2) is 11.5 Å². The third-order valence-electron chi connectivity index (χ3n) is 4.82. The first-order valence-corrected chi connectivity index (χ1v) is 9.55. The van der Waals surface area contributed by atoms with Crippen molar-refractivity contribution in [2.24, 2.45) is 5.92 Å². The van der Waals surface area contributed by atoms with E-state index in [-0.39, 0.29) is 11.7 Å². The van der Waals surface area contributed by atoms with Crippen LogP contribution in [0.25, 0.3) is 10.9 Å². The topological polar surface area (TPSA) is 65.5 Å². The molecule has 2 aromatic carbocycles. The van der Waals surface area contributed by atoms with Crippen LogP contribution >= 0.6 is 0 Å². The summed E-state index contributed by atoms with van der Waals surface area (Å²) < 4.78 is 30.0. The Labute approximate surface area is 174 Å². The first kappa shape index (κ1) is 19.7. The second kappa shape index (κ2) is 8.82. The minimum atomic E-state index is -0.121. The monoisotopic (exact) mass is 407 g/mol. The zero-order valence-corrected chi connectivity index (χ0v) is 16.8. The molecule has 1 heterocycles. The zero-order valence-electron chi connectivity index (χ0n) is 16.8. The smallest absolute Gasteiger partial charge is 0.162 e. The molecule has 0 amide bonds. The van der Waals surface area contributed by atoms with Crippen LogP contribution in [0, 0.1) is 5.92 Å². The van der Waals surface area contributed by atoms with Gasteiger partial charge in [0, 0.05) is 35.5 Å². The molecule has 4 rings (SSSR count). The fourth-order valence-electron chi connectivity index (χ4n) is 3.30. The lowest BCUT2D eigenvalue weighted by atomic mass is 10.0. The Balaban J connectivity index is 1.53. The van der Waals surface area contributed by atoms with Gasteiger partial charge in [-0.3, -0.25) is 0 Å². The molecular formula is C23H22FN3O3. The Morgan fingerprint density at radius 3 is 2.73 bits per heavy atom. The lowest BCUT2D eigenvalue weighted by Crippen LogP contribution is -2.11. The van der Waals surface area contributed by atoms with Gasteiger partial charge in [0.05, 0.1) is 26.3 Å². The third kappa shape index (κ3) is 4.35. The number of rotatable bonds is 7. The molecule has 1 unspecified atom stereocenters. The lowest BCUT2D eigenvalue weighted by molar-refractivity contribution is 0.268. The maximum Gasteiger partial charge on any atom is 0.162 e. The highest BCUT2D eigenvalue weighted by Crippen LogP contribution is 2.34. The fourth-order valence-corrected chi connectivity index (χ4v) is 3.30. The van der Waals surface area contributed by atoms with Crippen LogP contribution < -0.4 is 19.5 Å². The molecule has 6 nitrogen and oxygen atoms in total. The number of nitrogens with zero attached hydrogens (tertiary/aromatic N) is 2. The minimum Gasteiger partial charge on any atom is -0.493 e. The van der Waals surface area contributed by atoms with E-state index in [0.717, 1.165) is 16.6 Å². The van der Waals surface area contributed by atoms with E-state index in [0.29, 0.717) is 36.1 Å². The molecular weight excluding hydrogens is 385 g/mol. The average Bonchev–Trinajstić information content (AvgIpc) is 2.77. The molecule has 30 heavy (non-hydrogen) atoms. The van der Waals surface area contributed by atoms with Gasteiger partial charge in [0.25, 0.3) is 0 Å². The van der Waals surface area contributed by atoms with Crippen molar-refractivity contribution < 1.29 is 18.6 Å². The molecule has 1 aliphatic carbocycles. The van der Waals surface area contributed by atoms with Crippen molar-refractivity contribution in [2.75, 3.05) is 26.1 Å². The van der Waals surface area contributed by atoms with Gasteiger partial charge in [-0.15, -0.1) is 0 Å². The van der Waals surface area contributed by atoms with E-state index in [4.69, 9.17) is 14.2 Å². The van der Waals surface area contributed by atoms with Gasteiger partial charge in [-0.2, -0.15) is 0 Å². The number of aromatic nitrogens is 2. The van der Waals surface area contributed by atoms with E-state index in [1.165, 1.54) is 12.4 Å². The molecule has 0 bridgehead atoms. The van der Waals surface area contributed by atoms with Crippen molar-refractivity contribution in [3.05, 3.63) is 66.8 Å². The molecule has 1 N–H and O–H groups in total. The molecule has 0 saturated heterocycles. The standard InChI is InChI=1S/C23H22FN3O3/c1-28-21-11-19-20(12-22(21)29-2)25-14-26-23(19)27-17-7-4-8-18(10-17)30-13-15-5-3-6-16(24)9-15/h3-8,10-12,14-15H,9,13H2,1-2H3,(H,25,26,27). The Morgan fingerprint density at radius 1 is 1.10 bits per heavy atom. The van der Waals surface area contributed by atoms with Crippen LogP contribution in [0.15, 0.2) is 66.8 Å². The van der Waals surface area contributed by atoms with Crippen molar-refractivity contribution in [3.63, 3.8) is 0 Å². The van der Waals surface area contributed by atoms with Gasteiger partial charge in [-0.1, -0.05) is 18.2 Å². The quantitative estimate of drug-likeness (QED) is 0.581. The van der Waals surface area contributed by atoms with Crippen LogP contribution in [0.5, 0.6) is 17.2 Å². The summed E-state index contributed by atoms with van der Waals surface area (Å²) in [7, 11) is 3.17. The van der Waals surface area contributed by atoms with E-state index >= 15 is 0 Å². The molecule has 3 aromatic rings. The van der Waals surface area contributed by atoms with E-state index < -0.39 is 0 Å². The second-order valence-corrected chi connectivity index (χ2v) is 6.87. The number of ether oxygens (including phenoxy) is 3. The minimum absolute atomic E-state index is 0.0277. The second-order valence-electron chi connectivity index (χ2n) is 6.87. The molecule has 1 aromatic heterocycles. The van der Waals surface area contributed by atoms with E-state index in [1.807, 2.05) is 42.5 Å². The largest absolute Gasteiger partial charge is 0.493 e. The number of benzene rings is 2. The SMILES string of the molecule is COc1cc2ncnc(Nc3cccc(OCC4C=CC=C(F)C4)c3)c2cc1OC. The summed E-state index contributed by atoms with van der Waals surface area (Å²) in [5, 5.41) is 4.11. The summed E-state index contributed by atoms with van der Waals surface area (Å²) >= 11 is 0. The number of methoxy groups -OCH3 is 2. The number of allylic oxidation sites excluding steroid dienone is 3. The summed E-state index contributed by atoms with van der Waals surface area (Å²) in [6, 6.07) is 11.2. The Hall–Kier alpha value is -3.61. The number of hydrogen-bond acceptors (Lipinski definition) is 6. The maximum absolute atomic E-state index is 13.4. The Bertz CT molecular complexity index is 1110. The van der Waals surface area contributed by atoms with Gasteiger partial charge < -0.3 is 19.5 Å². The van der Waals surface area contributed by atoms with E-state index in [9.17, 15) is 4.39 Å². The summed E-state index contributed by atoms with van der Waals surface area (Å²) in [6.45, 7) is 0.411. The highest BCUT2D eigenvalue weighted by Gasteiger charge is 2.13. The van der Waals surface area contributed by atoms with Gasteiger partial charge in [-0.05, 0) is 24.3 Å². The molecule has 0 radical (unpaired) electrons. The van der Waals surface area contributed by atoms with Crippen LogP contribution in [-0.4, -0.2) is 30.8 Å². The Kier molecular flexibility index (Phi) is 5.79. The molecule has 154 valence electrons. The fraction of sp³-hybridized carbons (Fsp3) is 0.217. The van der Waals surface area contributed by atoms with Gasteiger partial charge in [0.1, 0.15) is 23.7 Å². The van der Waals surface area contributed by atoms with E-state index in [2.05, 4.69) is 15.3 Å². The van der Waals surface area contributed by atoms with Crippen LogP contribution in [0.2, 0.25) is 0 Å². The zero-order chi connectivity index (χ0) is 20.9. The predicted octanol–water partition coefficient (Wildman–Crippen LogP) is 5.20. The Morgan fingerprint density at radius 2 is 1.93 bits per heavy atom. The van der Waals surface area contributed by atoms with Crippen molar-refractivity contribution in [2.45, 2.75) is 6.42 Å². The molecule has 0 saturated carbocycles. The summed E-state index contributed by atoms with van der Waals surface area (Å²) in [4.78, 5) is 8.69. The van der Waals surface area contributed by atoms with Crippen LogP contribution in [0.1, 0.15) is 6.42 Å². The van der Waals surface area contributed by atoms with Crippen molar-refractivity contribution in [1.29, 1.82) is 0 Å². The lowest BCUT2D eigenvalue weighted by Gasteiger charge is -2.16. The number of fused-ring (bicyclic) bond motifs is 1. The van der Waals surface area contributed by atoms with Crippen LogP contribution in [0.4, 0.5) is 15.9 Å². The van der Waals surface area contributed by atoms with Crippen LogP contribution in [-0.2, 0) is 0 Å². The molecule has 0 spiro atoms. The van der Waals surface area contributed by atoms with Gasteiger partial charge in [0.2, 0.25) is 0 Å². The molecule has 1 atom stereocenters. The summed E-state index contributed by atoms with van der Waals surface area (Å²) in [5.41, 5.74) is 1.55. The first-order chi connectivity index (χ1) is 14.7. The highest BCUT2D eigenvalue weighted by atomic mass is 19.1. The van der Waals surface area contributed by atoms with Crippen molar-refractivity contribution in [3.8, 4) is 17.2 Å². The maximum atomic E-state index is 13.4. The van der Waals surface area contributed by atoms with Gasteiger partial charge >= 0.3 is 0 Å². The normalized spacial score (nSPS) is 15.6. The molecule has 0 fully saturated rings. The number of halogens is 1. The number of nitrogens with one attached hydrogen (secondary N) is 1.